The number of hydrogen-bond donors (Lipinski definition) is 2. The number of piperidine rings is 1. The van der Waals surface area contributed by atoms with Crippen molar-refractivity contribution in [2.24, 2.45) is 12.0 Å². The fourth-order valence-electron chi connectivity index (χ4n) is 3.53. The highest BCUT2D eigenvalue weighted by molar-refractivity contribution is 14.0. The van der Waals surface area contributed by atoms with Crippen LogP contribution in [-0.2, 0) is 13.5 Å². The Kier molecular flexibility index (Phi) is 8.20. The van der Waals surface area contributed by atoms with Crippen molar-refractivity contribution < 1.29 is 4.52 Å². The van der Waals surface area contributed by atoms with E-state index in [-0.39, 0.29) is 24.0 Å². The third kappa shape index (κ3) is 6.15. The normalized spacial score (nSPS) is 16.6. The van der Waals surface area contributed by atoms with Crippen LogP contribution < -0.4 is 15.5 Å². The van der Waals surface area contributed by atoms with Crippen molar-refractivity contribution >= 4 is 35.6 Å². The molecule has 31 heavy (non-hydrogen) atoms. The summed E-state index contributed by atoms with van der Waals surface area (Å²) in [6, 6.07) is 5.92. The van der Waals surface area contributed by atoms with Gasteiger partial charge in [0.25, 0.3) is 5.89 Å². The molecule has 0 bridgehead atoms. The number of guanidine groups is 1. The molecule has 166 valence electrons. The van der Waals surface area contributed by atoms with E-state index in [2.05, 4.69) is 46.9 Å². The van der Waals surface area contributed by atoms with Crippen molar-refractivity contribution in [2.45, 2.75) is 25.3 Å². The monoisotopic (exact) mass is 537 g/mol. The molecule has 1 atom stereocenters. The molecule has 4 rings (SSSR count). The molecule has 4 heterocycles. The lowest BCUT2D eigenvalue weighted by atomic mass is 10.1. The van der Waals surface area contributed by atoms with E-state index in [0.717, 1.165) is 37.6 Å². The van der Waals surface area contributed by atoms with Crippen LogP contribution in [0.3, 0.4) is 0 Å². The molecule has 1 fully saturated rings. The molecule has 1 saturated heterocycles. The maximum Gasteiger partial charge on any atom is 0.276 e. The lowest BCUT2D eigenvalue weighted by molar-refractivity contribution is 0.421. The SMILES string of the molecule is CN=C(NCCc1noc(-c2ccccn2)n1)NC1CCCN(c2cnn(C)c2)C1.I. The Morgan fingerprint density at radius 2 is 2.26 bits per heavy atom. The smallest absolute Gasteiger partial charge is 0.276 e. The minimum atomic E-state index is 0. The maximum absolute atomic E-state index is 5.30. The third-order valence-electron chi connectivity index (χ3n) is 5.04. The molecule has 1 aliphatic heterocycles. The Morgan fingerprint density at radius 1 is 1.35 bits per heavy atom. The summed E-state index contributed by atoms with van der Waals surface area (Å²) in [6.45, 7) is 2.62. The van der Waals surface area contributed by atoms with E-state index in [1.807, 2.05) is 36.1 Å². The maximum atomic E-state index is 5.30. The molecule has 10 nitrogen and oxygen atoms in total. The number of hydrogen-bond acceptors (Lipinski definition) is 7. The van der Waals surface area contributed by atoms with Crippen LogP contribution in [0, 0.1) is 0 Å². The van der Waals surface area contributed by atoms with Gasteiger partial charge in [0.15, 0.2) is 11.8 Å². The van der Waals surface area contributed by atoms with Gasteiger partial charge in [-0.15, -0.1) is 24.0 Å². The van der Waals surface area contributed by atoms with Crippen LogP contribution in [0.5, 0.6) is 0 Å². The molecule has 1 aliphatic rings. The summed E-state index contributed by atoms with van der Waals surface area (Å²) < 4.78 is 7.14. The average molecular weight is 537 g/mol. The van der Waals surface area contributed by atoms with Gasteiger partial charge >= 0.3 is 0 Å². The fourth-order valence-corrected chi connectivity index (χ4v) is 3.53. The summed E-state index contributed by atoms with van der Waals surface area (Å²) in [6.07, 6.45) is 8.54. The largest absolute Gasteiger partial charge is 0.367 e. The number of aliphatic imine (C=N–C) groups is 1. The van der Waals surface area contributed by atoms with Gasteiger partial charge in [0.1, 0.15) is 5.69 Å². The van der Waals surface area contributed by atoms with Gasteiger partial charge in [-0.1, -0.05) is 11.2 Å². The molecular formula is C20H28IN9O. The summed E-state index contributed by atoms with van der Waals surface area (Å²) in [5.74, 6) is 1.85. The highest BCUT2D eigenvalue weighted by Gasteiger charge is 2.21. The standard InChI is InChI=1S/C20H27N9O.HI/c1-21-20(25-15-6-5-11-29(13-15)16-12-24-28(2)14-16)23-10-8-18-26-19(30-27-18)17-7-3-4-9-22-17;/h3-4,7,9,12,14-15H,5-6,8,10-11,13H2,1-2H3,(H2,21,23,25);1H. The molecule has 1 unspecified atom stereocenters. The number of aryl methyl sites for hydroxylation is 1. The highest BCUT2D eigenvalue weighted by Crippen LogP contribution is 2.19. The summed E-state index contributed by atoms with van der Waals surface area (Å²) in [4.78, 5) is 15.4. The third-order valence-corrected chi connectivity index (χ3v) is 5.04. The lowest BCUT2D eigenvalue weighted by Crippen LogP contribution is -2.51. The van der Waals surface area contributed by atoms with Gasteiger partial charge in [0, 0.05) is 58.6 Å². The molecule has 3 aromatic rings. The van der Waals surface area contributed by atoms with Gasteiger partial charge < -0.3 is 20.1 Å². The number of aromatic nitrogens is 5. The topological polar surface area (TPSA) is 109 Å². The Bertz CT molecular complexity index is 972. The predicted octanol–water partition coefficient (Wildman–Crippen LogP) is 1.86. The number of halogens is 1. The molecule has 0 saturated carbocycles. The van der Waals surface area contributed by atoms with Crippen LogP contribution in [0.1, 0.15) is 18.7 Å². The fraction of sp³-hybridized carbons (Fsp3) is 0.450. The zero-order valence-electron chi connectivity index (χ0n) is 17.7. The van der Waals surface area contributed by atoms with Gasteiger partial charge in [-0.2, -0.15) is 10.1 Å². The number of anilines is 1. The van der Waals surface area contributed by atoms with Crippen LogP contribution in [0.15, 0.2) is 46.3 Å². The van der Waals surface area contributed by atoms with Crippen molar-refractivity contribution in [3.8, 4) is 11.6 Å². The minimum Gasteiger partial charge on any atom is -0.367 e. The molecular weight excluding hydrogens is 509 g/mol. The summed E-state index contributed by atoms with van der Waals surface area (Å²) in [7, 11) is 3.72. The Labute approximate surface area is 198 Å². The zero-order valence-corrected chi connectivity index (χ0v) is 20.1. The minimum absolute atomic E-state index is 0. The van der Waals surface area contributed by atoms with Gasteiger partial charge in [-0.3, -0.25) is 14.7 Å². The van der Waals surface area contributed by atoms with E-state index in [1.165, 1.54) is 0 Å². The lowest BCUT2D eigenvalue weighted by Gasteiger charge is -2.34. The number of pyridine rings is 1. The van der Waals surface area contributed by atoms with E-state index < -0.39 is 0 Å². The molecule has 11 heteroatoms. The first-order chi connectivity index (χ1) is 14.7. The van der Waals surface area contributed by atoms with Crippen LogP contribution in [0.4, 0.5) is 5.69 Å². The Balaban J connectivity index is 0.00000272. The van der Waals surface area contributed by atoms with Crippen molar-refractivity contribution in [1.82, 2.24) is 35.5 Å². The summed E-state index contributed by atoms with van der Waals surface area (Å²) in [5.41, 5.74) is 1.84. The summed E-state index contributed by atoms with van der Waals surface area (Å²) in [5, 5.41) is 15.2. The second-order valence-electron chi connectivity index (χ2n) is 7.28. The Hall–Kier alpha value is -2.70. The Morgan fingerprint density at radius 3 is 3.00 bits per heavy atom. The van der Waals surface area contributed by atoms with Crippen molar-refractivity contribution in [3.05, 3.63) is 42.6 Å². The molecule has 0 aliphatic carbocycles. The van der Waals surface area contributed by atoms with Crippen LogP contribution in [0.2, 0.25) is 0 Å². The first-order valence-electron chi connectivity index (χ1n) is 10.2. The van der Waals surface area contributed by atoms with E-state index >= 15 is 0 Å². The number of nitrogens with zero attached hydrogens (tertiary/aromatic N) is 7. The highest BCUT2D eigenvalue weighted by atomic mass is 127. The molecule has 2 N–H and O–H groups in total. The van der Waals surface area contributed by atoms with Crippen LogP contribution in [0.25, 0.3) is 11.6 Å². The van der Waals surface area contributed by atoms with E-state index in [4.69, 9.17) is 4.52 Å². The second kappa shape index (κ2) is 11.1. The summed E-state index contributed by atoms with van der Waals surface area (Å²) >= 11 is 0. The van der Waals surface area contributed by atoms with Crippen molar-refractivity contribution in [3.63, 3.8) is 0 Å². The first kappa shape index (κ1) is 23.0. The first-order valence-corrected chi connectivity index (χ1v) is 10.2. The van der Waals surface area contributed by atoms with Crippen LogP contribution >= 0.6 is 24.0 Å². The van der Waals surface area contributed by atoms with Gasteiger partial charge in [0.05, 0.1) is 11.9 Å². The number of nitrogens with one attached hydrogen (secondary N) is 2. The zero-order chi connectivity index (χ0) is 20.8. The van der Waals surface area contributed by atoms with Crippen molar-refractivity contribution in [2.75, 3.05) is 31.6 Å². The van der Waals surface area contributed by atoms with E-state index in [1.54, 1.807) is 13.2 Å². The van der Waals surface area contributed by atoms with Gasteiger partial charge in [-0.05, 0) is 25.0 Å². The molecule has 0 amide bonds. The van der Waals surface area contributed by atoms with E-state index in [0.29, 0.717) is 36.4 Å². The average Bonchev–Trinajstić information content (AvgIpc) is 3.43. The molecule has 0 spiro atoms. The second-order valence-corrected chi connectivity index (χ2v) is 7.28. The van der Waals surface area contributed by atoms with Crippen LogP contribution in [-0.4, -0.2) is 63.6 Å². The molecule has 3 aromatic heterocycles. The van der Waals surface area contributed by atoms with Gasteiger partial charge in [-0.25, -0.2) is 0 Å². The van der Waals surface area contributed by atoms with Crippen molar-refractivity contribution in [1.29, 1.82) is 0 Å². The molecule has 0 radical (unpaired) electrons. The van der Waals surface area contributed by atoms with E-state index in [9.17, 15) is 0 Å². The molecule has 0 aromatic carbocycles. The number of rotatable bonds is 6. The van der Waals surface area contributed by atoms with Gasteiger partial charge in [0.2, 0.25) is 0 Å². The quantitative estimate of drug-likeness (QED) is 0.279. The predicted molar refractivity (Wildman–Crippen MR) is 130 cm³/mol.